The van der Waals surface area contributed by atoms with Crippen molar-refractivity contribution >= 4 is 0 Å². The highest BCUT2D eigenvalue weighted by Crippen LogP contribution is 2.23. The van der Waals surface area contributed by atoms with Crippen LogP contribution >= 0.6 is 0 Å². The van der Waals surface area contributed by atoms with E-state index < -0.39 is 0 Å². The zero-order valence-electron chi connectivity index (χ0n) is 13.0. The minimum absolute atomic E-state index is 0.141. The van der Waals surface area contributed by atoms with Crippen molar-refractivity contribution in [1.82, 2.24) is 4.90 Å². The molecule has 0 atom stereocenters. The molecule has 3 rings (SSSR count). The molecule has 1 aliphatic rings. The van der Waals surface area contributed by atoms with Crippen molar-refractivity contribution in [2.24, 2.45) is 5.92 Å². The van der Waals surface area contributed by atoms with Crippen LogP contribution in [0.1, 0.15) is 30.4 Å². The van der Waals surface area contributed by atoms with E-state index in [4.69, 9.17) is 0 Å². The van der Waals surface area contributed by atoms with Crippen molar-refractivity contribution in [2.75, 3.05) is 13.1 Å². The van der Waals surface area contributed by atoms with Crippen LogP contribution in [0.3, 0.4) is 0 Å². The predicted molar refractivity (Wildman–Crippen MR) is 89.2 cm³/mol. The first-order valence-corrected chi connectivity index (χ1v) is 8.30. The highest BCUT2D eigenvalue weighted by Gasteiger charge is 2.18. The molecule has 0 unspecified atom stereocenters. The molecule has 1 fully saturated rings. The van der Waals surface area contributed by atoms with Crippen LogP contribution in [0.2, 0.25) is 0 Å². The Morgan fingerprint density at radius 1 is 0.864 bits per heavy atom. The standard InChI is InChI=1S/C20H24FN/c21-20-10-8-17(9-11-20)6-7-18-12-14-22(15-13-18)16-19-4-2-1-3-5-19/h1-5,8-11,18H,6-7,12-16H2. The average molecular weight is 297 g/mol. The number of benzene rings is 2. The fourth-order valence-electron chi connectivity index (χ4n) is 3.30. The van der Waals surface area contributed by atoms with Gasteiger partial charge in [0.2, 0.25) is 0 Å². The van der Waals surface area contributed by atoms with E-state index in [1.807, 2.05) is 12.1 Å². The SMILES string of the molecule is Fc1ccc(CCC2CCN(Cc3ccccc3)CC2)cc1. The molecular weight excluding hydrogens is 273 g/mol. The molecule has 1 saturated heterocycles. The summed E-state index contributed by atoms with van der Waals surface area (Å²) in [5.41, 5.74) is 2.67. The lowest BCUT2D eigenvalue weighted by molar-refractivity contribution is 0.172. The van der Waals surface area contributed by atoms with E-state index in [9.17, 15) is 4.39 Å². The Kier molecular flexibility index (Phi) is 5.23. The first kappa shape index (κ1) is 15.2. The third-order valence-electron chi connectivity index (χ3n) is 4.71. The van der Waals surface area contributed by atoms with Gasteiger partial charge in [-0.3, -0.25) is 4.90 Å². The van der Waals surface area contributed by atoms with Crippen LogP contribution < -0.4 is 0 Å². The molecule has 0 aliphatic carbocycles. The van der Waals surface area contributed by atoms with E-state index in [-0.39, 0.29) is 5.82 Å². The monoisotopic (exact) mass is 297 g/mol. The topological polar surface area (TPSA) is 3.24 Å². The first-order chi connectivity index (χ1) is 10.8. The normalized spacial score (nSPS) is 16.8. The second kappa shape index (κ2) is 7.55. The lowest BCUT2D eigenvalue weighted by Crippen LogP contribution is -2.33. The Bertz CT molecular complexity index is 556. The molecule has 1 nitrogen and oxygen atoms in total. The van der Waals surface area contributed by atoms with Crippen molar-refractivity contribution in [1.29, 1.82) is 0 Å². The van der Waals surface area contributed by atoms with E-state index in [1.165, 1.54) is 43.5 Å². The number of hydrogen-bond donors (Lipinski definition) is 0. The maximum Gasteiger partial charge on any atom is 0.123 e. The number of nitrogens with zero attached hydrogens (tertiary/aromatic N) is 1. The maximum atomic E-state index is 12.9. The van der Waals surface area contributed by atoms with Crippen molar-refractivity contribution in [2.45, 2.75) is 32.2 Å². The van der Waals surface area contributed by atoms with Crippen LogP contribution in [-0.2, 0) is 13.0 Å². The Balaban J connectivity index is 1.41. The molecule has 0 bridgehead atoms. The van der Waals surface area contributed by atoms with Gasteiger partial charge in [0.15, 0.2) is 0 Å². The van der Waals surface area contributed by atoms with E-state index in [0.717, 1.165) is 18.9 Å². The van der Waals surface area contributed by atoms with Gasteiger partial charge in [-0.2, -0.15) is 0 Å². The Morgan fingerprint density at radius 2 is 1.55 bits per heavy atom. The van der Waals surface area contributed by atoms with Crippen LogP contribution in [0.25, 0.3) is 0 Å². The van der Waals surface area contributed by atoms with Gasteiger partial charge in [-0.15, -0.1) is 0 Å². The van der Waals surface area contributed by atoms with Crippen LogP contribution in [0.15, 0.2) is 54.6 Å². The molecule has 116 valence electrons. The van der Waals surface area contributed by atoms with Crippen LogP contribution in [0.5, 0.6) is 0 Å². The summed E-state index contributed by atoms with van der Waals surface area (Å²) in [6.07, 6.45) is 4.87. The molecule has 0 aromatic heterocycles. The fraction of sp³-hybridized carbons (Fsp3) is 0.400. The lowest BCUT2D eigenvalue weighted by atomic mass is 9.90. The lowest BCUT2D eigenvalue weighted by Gasteiger charge is -2.32. The second-order valence-electron chi connectivity index (χ2n) is 6.37. The van der Waals surface area contributed by atoms with E-state index in [1.54, 1.807) is 12.1 Å². The molecule has 0 amide bonds. The number of halogens is 1. The van der Waals surface area contributed by atoms with Crippen molar-refractivity contribution < 1.29 is 4.39 Å². The van der Waals surface area contributed by atoms with E-state index in [2.05, 4.69) is 35.2 Å². The number of rotatable bonds is 5. The minimum Gasteiger partial charge on any atom is -0.299 e. The van der Waals surface area contributed by atoms with Gasteiger partial charge in [0.25, 0.3) is 0 Å². The van der Waals surface area contributed by atoms with Crippen LogP contribution in [0.4, 0.5) is 4.39 Å². The summed E-state index contributed by atoms with van der Waals surface area (Å²) in [7, 11) is 0. The number of aryl methyl sites for hydroxylation is 1. The molecule has 0 radical (unpaired) electrons. The molecule has 0 saturated carbocycles. The quantitative estimate of drug-likeness (QED) is 0.775. The third-order valence-corrected chi connectivity index (χ3v) is 4.71. The summed E-state index contributed by atoms with van der Waals surface area (Å²) >= 11 is 0. The molecule has 2 aromatic carbocycles. The Labute approximate surface area is 132 Å². The molecule has 1 heterocycles. The van der Waals surface area contributed by atoms with Crippen molar-refractivity contribution in [3.8, 4) is 0 Å². The van der Waals surface area contributed by atoms with Gasteiger partial charge >= 0.3 is 0 Å². The summed E-state index contributed by atoms with van der Waals surface area (Å²) in [6.45, 7) is 3.47. The average Bonchev–Trinajstić information content (AvgIpc) is 2.57. The van der Waals surface area contributed by atoms with E-state index in [0.29, 0.717) is 0 Å². The summed E-state index contributed by atoms with van der Waals surface area (Å²) in [6, 6.07) is 17.7. The highest BCUT2D eigenvalue weighted by atomic mass is 19.1. The van der Waals surface area contributed by atoms with Crippen LogP contribution in [0, 0.1) is 11.7 Å². The molecule has 0 N–H and O–H groups in total. The van der Waals surface area contributed by atoms with Gasteiger partial charge in [-0.25, -0.2) is 4.39 Å². The molecule has 0 spiro atoms. The Hall–Kier alpha value is -1.67. The minimum atomic E-state index is -0.141. The molecular formula is C20H24FN. The predicted octanol–water partition coefficient (Wildman–Crippen LogP) is 4.67. The number of hydrogen-bond acceptors (Lipinski definition) is 1. The molecule has 22 heavy (non-hydrogen) atoms. The van der Waals surface area contributed by atoms with Crippen LogP contribution in [-0.4, -0.2) is 18.0 Å². The number of piperidine rings is 1. The molecule has 2 aromatic rings. The molecule has 1 aliphatic heterocycles. The van der Waals surface area contributed by atoms with Crippen molar-refractivity contribution in [3.63, 3.8) is 0 Å². The molecule has 2 heteroatoms. The van der Waals surface area contributed by atoms with Gasteiger partial charge < -0.3 is 0 Å². The summed E-state index contributed by atoms with van der Waals surface area (Å²) in [4.78, 5) is 2.56. The maximum absolute atomic E-state index is 12.9. The zero-order chi connectivity index (χ0) is 15.2. The first-order valence-electron chi connectivity index (χ1n) is 8.30. The van der Waals surface area contributed by atoms with Crippen molar-refractivity contribution in [3.05, 3.63) is 71.5 Å². The third kappa shape index (κ3) is 4.41. The summed E-state index contributed by atoms with van der Waals surface area (Å²) in [5, 5.41) is 0. The van der Waals surface area contributed by atoms with Gasteiger partial charge in [0, 0.05) is 6.54 Å². The van der Waals surface area contributed by atoms with Gasteiger partial charge in [-0.05, 0) is 68.0 Å². The smallest absolute Gasteiger partial charge is 0.123 e. The van der Waals surface area contributed by atoms with E-state index >= 15 is 0 Å². The number of likely N-dealkylation sites (tertiary alicyclic amines) is 1. The summed E-state index contributed by atoms with van der Waals surface area (Å²) < 4.78 is 12.9. The second-order valence-corrected chi connectivity index (χ2v) is 6.37. The Morgan fingerprint density at radius 3 is 2.23 bits per heavy atom. The highest BCUT2D eigenvalue weighted by molar-refractivity contribution is 5.16. The fourth-order valence-corrected chi connectivity index (χ4v) is 3.30. The zero-order valence-corrected chi connectivity index (χ0v) is 13.0. The van der Waals surface area contributed by atoms with Gasteiger partial charge in [0.1, 0.15) is 5.82 Å². The van der Waals surface area contributed by atoms with Gasteiger partial charge in [0.05, 0.1) is 0 Å². The largest absolute Gasteiger partial charge is 0.299 e. The van der Waals surface area contributed by atoms with Gasteiger partial charge in [-0.1, -0.05) is 42.5 Å². The summed E-state index contributed by atoms with van der Waals surface area (Å²) in [5.74, 6) is 0.676.